The zero-order valence-corrected chi connectivity index (χ0v) is 16.4. The van der Waals surface area contributed by atoms with Gasteiger partial charge in [-0.3, -0.25) is 9.59 Å². The second kappa shape index (κ2) is 8.04. The monoisotopic (exact) mass is 373 g/mol. The van der Waals surface area contributed by atoms with Gasteiger partial charge in [0.05, 0.1) is 23.8 Å². The van der Waals surface area contributed by atoms with E-state index >= 15 is 0 Å². The lowest BCUT2D eigenvalue weighted by Gasteiger charge is -2.22. The number of pyridine rings is 1. The van der Waals surface area contributed by atoms with Crippen LogP contribution in [0.3, 0.4) is 0 Å². The largest absolute Gasteiger partial charge is 0.383 e. The first-order chi connectivity index (χ1) is 12.9. The van der Waals surface area contributed by atoms with Crippen LogP contribution in [0.4, 0.5) is 0 Å². The van der Waals surface area contributed by atoms with Crippen LogP contribution in [0.2, 0.25) is 0 Å². The van der Waals surface area contributed by atoms with Crippen LogP contribution in [0.1, 0.15) is 42.4 Å². The molecule has 0 aliphatic carbocycles. The smallest absolute Gasteiger partial charge is 0.255 e. The Balaban J connectivity index is 1.88. The summed E-state index contributed by atoms with van der Waals surface area (Å²) in [5, 5.41) is 5.13. The van der Waals surface area contributed by atoms with Crippen molar-refractivity contribution >= 4 is 22.8 Å². The van der Waals surface area contributed by atoms with Crippen LogP contribution in [-0.2, 0) is 9.53 Å². The molecule has 0 bridgehead atoms. The summed E-state index contributed by atoms with van der Waals surface area (Å²) in [5.41, 5.74) is 2.02. The van der Waals surface area contributed by atoms with Crippen LogP contribution in [0.25, 0.3) is 11.0 Å². The van der Waals surface area contributed by atoms with Crippen molar-refractivity contribution in [2.75, 3.05) is 39.9 Å². The number of methoxy groups -OCH3 is 1. The molecule has 1 aliphatic heterocycles. The van der Waals surface area contributed by atoms with Crippen molar-refractivity contribution in [2.45, 2.75) is 33.2 Å². The molecule has 1 saturated heterocycles. The minimum absolute atomic E-state index is 0.0437. The van der Waals surface area contributed by atoms with Crippen LogP contribution < -0.4 is 0 Å². The van der Waals surface area contributed by atoms with Crippen LogP contribution in [-0.4, -0.2) is 76.3 Å². The molecule has 0 radical (unpaired) electrons. The molecule has 1 aliphatic rings. The quantitative estimate of drug-likeness (QED) is 0.796. The van der Waals surface area contributed by atoms with Gasteiger partial charge in [0.1, 0.15) is 6.54 Å². The third-order valence-electron chi connectivity index (χ3n) is 4.80. The molecule has 27 heavy (non-hydrogen) atoms. The summed E-state index contributed by atoms with van der Waals surface area (Å²) in [7, 11) is 1.62. The lowest BCUT2D eigenvalue weighted by Crippen LogP contribution is -2.40. The van der Waals surface area contributed by atoms with Crippen LogP contribution in [0, 0.1) is 6.92 Å². The number of amides is 2. The maximum absolute atomic E-state index is 13.2. The number of ether oxygens (including phenoxy) is 1. The molecule has 1 fully saturated rings. The molecule has 0 spiro atoms. The molecule has 8 nitrogen and oxygen atoms in total. The van der Waals surface area contributed by atoms with Gasteiger partial charge in [-0.25, -0.2) is 9.67 Å². The Bertz CT molecular complexity index is 845. The van der Waals surface area contributed by atoms with Crippen molar-refractivity contribution in [3.8, 4) is 0 Å². The van der Waals surface area contributed by atoms with Crippen LogP contribution in [0.5, 0.6) is 0 Å². The van der Waals surface area contributed by atoms with Gasteiger partial charge in [-0.1, -0.05) is 0 Å². The van der Waals surface area contributed by atoms with Crippen LogP contribution >= 0.6 is 0 Å². The van der Waals surface area contributed by atoms with Gasteiger partial charge in [-0.15, -0.1) is 0 Å². The number of carbonyl (C=O) groups excluding carboxylic acids is 2. The van der Waals surface area contributed by atoms with E-state index in [4.69, 9.17) is 4.74 Å². The molecule has 3 heterocycles. The van der Waals surface area contributed by atoms with Crippen molar-refractivity contribution in [3.05, 3.63) is 23.5 Å². The highest BCUT2D eigenvalue weighted by Crippen LogP contribution is 2.23. The highest BCUT2D eigenvalue weighted by Gasteiger charge is 2.27. The summed E-state index contributed by atoms with van der Waals surface area (Å²) in [5.74, 6) is -0.187. The number of hydrogen-bond acceptors (Lipinski definition) is 5. The summed E-state index contributed by atoms with van der Waals surface area (Å²) >= 11 is 0. The predicted octanol–water partition coefficient (Wildman–Crippen LogP) is 1.64. The lowest BCUT2D eigenvalue weighted by atomic mass is 10.1. The van der Waals surface area contributed by atoms with Gasteiger partial charge in [0.15, 0.2) is 5.65 Å². The fourth-order valence-corrected chi connectivity index (χ4v) is 3.40. The molecule has 2 aromatic rings. The number of aryl methyl sites for hydroxylation is 1. The number of nitrogens with zero attached hydrogens (tertiary/aromatic N) is 5. The topological polar surface area (TPSA) is 80.6 Å². The van der Waals surface area contributed by atoms with Crippen LogP contribution in [0.15, 0.2) is 12.3 Å². The molecule has 0 unspecified atom stereocenters. The van der Waals surface area contributed by atoms with E-state index in [-0.39, 0.29) is 24.4 Å². The SMILES string of the molecule is COCCN1CCCN(C(=O)c2cc(C)nc3c2cnn3C(C)C)CC1=O. The van der Waals surface area contributed by atoms with Gasteiger partial charge in [0, 0.05) is 38.5 Å². The maximum atomic E-state index is 13.2. The molecule has 2 aromatic heterocycles. The summed E-state index contributed by atoms with van der Waals surface area (Å²) < 4.78 is 6.89. The Morgan fingerprint density at radius 2 is 2.11 bits per heavy atom. The maximum Gasteiger partial charge on any atom is 0.255 e. The summed E-state index contributed by atoms with van der Waals surface area (Å²) in [4.78, 5) is 33.7. The van der Waals surface area contributed by atoms with Gasteiger partial charge >= 0.3 is 0 Å². The Morgan fingerprint density at radius 1 is 1.33 bits per heavy atom. The molecule has 8 heteroatoms. The highest BCUT2D eigenvalue weighted by atomic mass is 16.5. The predicted molar refractivity (Wildman–Crippen MR) is 102 cm³/mol. The van der Waals surface area contributed by atoms with Gasteiger partial charge in [0.25, 0.3) is 5.91 Å². The number of carbonyl (C=O) groups is 2. The minimum atomic E-state index is -0.143. The van der Waals surface area contributed by atoms with Gasteiger partial charge in [0.2, 0.25) is 5.91 Å². The Hall–Kier alpha value is -2.48. The normalized spacial score (nSPS) is 15.7. The molecule has 3 rings (SSSR count). The van der Waals surface area contributed by atoms with E-state index in [1.807, 2.05) is 25.5 Å². The van der Waals surface area contributed by atoms with Crippen molar-refractivity contribution in [3.63, 3.8) is 0 Å². The average molecular weight is 373 g/mol. The first-order valence-corrected chi connectivity index (χ1v) is 9.33. The molecular formula is C19H27N5O3. The van der Waals surface area contributed by atoms with Gasteiger partial charge in [-0.05, 0) is 33.3 Å². The van der Waals surface area contributed by atoms with Gasteiger partial charge < -0.3 is 14.5 Å². The first-order valence-electron chi connectivity index (χ1n) is 9.33. The van der Waals surface area contributed by atoms with E-state index < -0.39 is 0 Å². The molecule has 0 saturated carbocycles. The third-order valence-corrected chi connectivity index (χ3v) is 4.80. The second-order valence-corrected chi connectivity index (χ2v) is 7.19. The molecule has 2 amide bonds. The fourth-order valence-electron chi connectivity index (χ4n) is 3.40. The average Bonchev–Trinajstić information content (AvgIpc) is 2.96. The van der Waals surface area contributed by atoms with E-state index in [1.165, 1.54) is 0 Å². The van der Waals surface area contributed by atoms with E-state index in [9.17, 15) is 9.59 Å². The van der Waals surface area contributed by atoms with E-state index in [2.05, 4.69) is 10.1 Å². The van der Waals surface area contributed by atoms with Crippen molar-refractivity contribution < 1.29 is 14.3 Å². The molecule has 0 atom stereocenters. The number of fused-ring (bicyclic) bond motifs is 1. The lowest BCUT2D eigenvalue weighted by molar-refractivity contribution is -0.131. The third kappa shape index (κ3) is 3.95. The fraction of sp³-hybridized carbons (Fsp3) is 0.579. The Morgan fingerprint density at radius 3 is 2.81 bits per heavy atom. The summed E-state index contributed by atoms with van der Waals surface area (Å²) in [6, 6.07) is 1.93. The number of rotatable bonds is 5. The zero-order valence-electron chi connectivity index (χ0n) is 16.4. The molecule has 0 N–H and O–H groups in total. The molecule has 146 valence electrons. The minimum Gasteiger partial charge on any atom is -0.383 e. The highest BCUT2D eigenvalue weighted by molar-refractivity contribution is 6.06. The van der Waals surface area contributed by atoms with E-state index in [0.29, 0.717) is 37.5 Å². The van der Waals surface area contributed by atoms with Crippen molar-refractivity contribution in [1.29, 1.82) is 0 Å². The molecule has 0 aromatic carbocycles. The number of hydrogen-bond donors (Lipinski definition) is 0. The second-order valence-electron chi connectivity index (χ2n) is 7.19. The van der Waals surface area contributed by atoms with E-state index in [1.54, 1.807) is 29.2 Å². The van der Waals surface area contributed by atoms with Crippen molar-refractivity contribution in [2.24, 2.45) is 0 Å². The summed E-state index contributed by atoms with van der Waals surface area (Å²) in [6.07, 6.45) is 2.44. The molecular weight excluding hydrogens is 346 g/mol. The van der Waals surface area contributed by atoms with Gasteiger partial charge in [-0.2, -0.15) is 5.10 Å². The van der Waals surface area contributed by atoms with E-state index in [0.717, 1.165) is 17.5 Å². The number of aromatic nitrogens is 3. The summed E-state index contributed by atoms with van der Waals surface area (Å²) in [6.45, 7) is 8.25. The Labute approximate surface area is 159 Å². The first kappa shape index (κ1) is 19.3. The van der Waals surface area contributed by atoms with Crippen molar-refractivity contribution in [1.82, 2.24) is 24.6 Å². The zero-order chi connectivity index (χ0) is 19.6. The standard InChI is InChI=1S/C19H27N5O3/c1-13(2)24-18-16(11-20-24)15(10-14(3)21-18)19(26)23-7-5-6-22(8-9-27-4)17(25)12-23/h10-11,13H,5-9,12H2,1-4H3. The Kier molecular flexibility index (Phi) is 5.74.